The summed E-state index contributed by atoms with van der Waals surface area (Å²) in [5.74, 6) is 6.84. The molecule has 9 aliphatic rings. The molecule has 0 heterocycles. The SMILES string of the molecule is Brc1ccccc1.C.C.CC1=CC2c3c(-c4ccc(Cc5ccccc5)cc4)ccc(-c4ccc(Cc5ccccc5)cc4)c3C1CC2C(C)C.CC1=CC2c3c(-c4ccc(I)cc4)ccc(-c4ccc(I)cc4)c3C1CC2C(C)C.CC1=CC2c3c(-c4ccc(N(c5ccccc5)c5ccccc5)cc4)ccc(-c4ccc(N(c5ccccc5)c5ccccc5)cc4)c3C1CC2C(C)C.c1ccc(Nc2ccccc2)cc1. The van der Waals surface area contributed by atoms with E-state index in [9.17, 15) is 0 Å². The first kappa shape index (κ1) is 104. The third kappa shape index (κ3) is 23.3. The Labute approximate surface area is 917 Å². The van der Waals surface area contributed by atoms with Gasteiger partial charge in [-0.1, -0.05) is 429 Å². The number of nitrogens with one attached hydrogen (secondary N) is 1. The first-order valence-corrected chi connectivity index (χ1v) is 55.3. The van der Waals surface area contributed by atoms with Gasteiger partial charge in [-0.3, -0.25) is 0 Å². The van der Waals surface area contributed by atoms with Crippen molar-refractivity contribution >= 4 is 107 Å². The van der Waals surface area contributed by atoms with E-state index in [0.29, 0.717) is 65.1 Å². The molecule has 0 aliphatic heterocycles. The number of benzene rings is 18. The van der Waals surface area contributed by atoms with Crippen molar-refractivity contribution < 1.29 is 0 Å². The lowest BCUT2D eigenvalue weighted by Gasteiger charge is -2.46. The van der Waals surface area contributed by atoms with E-state index in [2.05, 4.69) is 521 Å². The highest BCUT2D eigenvalue weighted by atomic mass is 127. The van der Waals surface area contributed by atoms with Crippen molar-refractivity contribution in [3.8, 4) is 66.8 Å². The molecular formula is C142H136BrI2N3. The molecule has 740 valence electrons. The molecule has 0 aromatic heterocycles. The fraction of sp³-hybridized carbons (Fsp3) is 0.197. The van der Waals surface area contributed by atoms with Crippen molar-refractivity contribution in [3.05, 3.63) is 557 Å². The predicted octanol–water partition coefficient (Wildman–Crippen LogP) is 42.0. The summed E-state index contributed by atoms with van der Waals surface area (Å²) in [5, 5.41) is 3.30. The van der Waals surface area contributed by atoms with Crippen LogP contribution in [-0.4, -0.2) is 0 Å². The van der Waals surface area contributed by atoms with Gasteiger partial charge >= 0.3 is 0 Å². The summed E-state index contributed by atoms with van der Waals surface area (Å²) in [6.45, 7) is 21.6. The van der Waals surface area contributed by atoms with Gasteiger partial charge in [0.2, 0.25) is 0 Å². The minimum absolute atomic E-state index is 0. The number of hydrogen-bond acceptors (Lipinski definition) is 3. The van der Waals surface area contributed by atoms with Gasteiger partial charge in [0.25, 0.3) is 0 Å². The largest absolute Gasteiger partial charge is 0.356 e. The van der Waals surface area contributed by atoms with Gasteiger partial charge in [0.1, 0.15) is 0 Å². The lowest BCUT2D eigenvalue weighted by molar-refractivity contribution is 0.281. The van der Waals surface area contributed by atoms with Crippen LogP contribution in [0, 0.1) is 42.6 Å². The van der Waals surface area contributed by atoms with Crippen LogP contribution in [0.1, 0.15) is 188 Å². The molecule has 0 spiro atoms. The lowest BCUT2D eigenvalue weighted by atomic mass is 9.58. The molecule has 6 heteroatoms. The first-order valence-electron chi connectivity index (χ1n) is 52.3. The van der Waals surface area contributed by atoms with Gasteiger partial charge < -0.3 is 15.1 Å². The van der Waals surface area contributed by atoms with E-state index in [1.807, 2.05) is 91.0 Å². The number of nitrogens with zero attached hydrogens (tertiary/aromatic N) is 2. The molecule has 18 aromatic carbocycles. The third-order valence-corrected chi connectivity index (χ3v) is 33.2. The molecule has 18 aromatic rings. The zero-order valence-electron chi connectivity index (χ0n) is 85.0. The second-order valence-corrected chi connectivity index (χ2v) is 44.8. The molecule has 9 unspecified atom stereocenters. The Morgan fingerprint density at radius 1 is 0.243 bits per heavy atom. The molecule has 0 fully saturated rings. The minimum Gasteiger partial charge on any atom is -0.356 e. The molecule has 0 radical (unpaired) electrons. The van der Waals surface area contributed by atoms with Crippen LogP contribution in [-0.2, 0) is 12.8 Å². The third-order valence-electron chi connectivity index (χ3n) is 31.2. The fourth-order valence-electron chi connectivity index (χ4n) is 23.9. The van der Waals surface area contributed by atoms with E-state index >= 15 is 0 Å². The second-order valence-electron chi connectivity index (χ2n) is 41.4. The van der Waals surface area contributed by atoms with Gasteiger partial charge in [0, 0.05) is 92.6 Å². The Morgan fingerprint density at radius 3 is 0.682 bits per heavy atom. The average Bonchev–Trinajstić information content (AvgIpc) is 0.722. The number of allylic oxidation sites excluding steroid dienone is 6. The minimum atomic E-state index is 0. The van der Waals surface area contributed by atoms with Crippen LogP contribution in [0.2, 0.25) is 0 Å². The van der Waals surface area contributed by atoms with E-state index in [4.69, 9.17) is 0 Å². The van der Waals surface area contributed by atoms with Crippen molar-refractivity contribution in [3.63, 3.8) is 0 Å². The monoisotopic (exact) mass is 2220 g/mol. The summed E-state index contributed by atoms with van der Waals surface area (Å²) in [7, 11) is 0. The van der Waals surface area contributed by atoms with Gasteiger partial charge in [-0.15, -0.1) is 0 Å². The summed E-state index contributed by atoms with van der Waals surface area (Å²) < 4.78 is 3.71. The topological polar surface area (TPSA) is 18.5 Å². The second kappa shape index (κ2) is 48.2. The molecule has 27 rings (SSSR count). The van der Waals surface area contributed by atoms with Crippen LogP contribution >= 0.6 is 61.1 Å². The van der Waals surface area contributed by atoms with E-state index in [1.54, 1.807) is 33.4 Å². The average molecular weight is 2220 g/mol. The van der Waals surface area contributed by atoms with Crippen molar-refractivity contribution in [2.75, 3.05) is 15.1 Å². The van der Waals surface area contributed by atoms with Crippen LogP contribution in [0.4, 0.5) is 45.5 Å². The number of rotatable bonds is 21. The highest BCUT2D eigenvalue weighted by Crippen LogP contribution is 2.63. The summed E-state index contributed by atoms with van der Waals surface area (Å²) in [6.07, 6.45) is 13.5. The summed E-state index contributed by atoms with van der Waals surface area (Å²) in [6, 6.07) is 164. The molecule has 0 amide bonds. The van der Waals surface area contributed by atoms with Gasteiger partial charge in [-0.05, 0) is 389 Å². The molecule has 1 N–H and O–H groups in total. The Hall–Kier alpha value is -13.5. The molecule has 6 bridgehead atoms. The van der Waals surface area contributed by atoms with Gasteiger partial charge in [0.05, 0.1) is 0 Å². The maximum Gasteiger partial charge on any atom is 0.0462 e. The van der Waals surface area contributed by atoms with Crippen molar-refractivity contribution in [2.45, 2.75) is 145 Å². The Bertz CT molecular complexity index is 7410. The van der Waals surface area contributed by atoms with E-state index in [-0.39, 0.29) is 14.9 Å². The van der Waals surface area contributed by atoms with Crippen molar-refractivity contribution in [1.29, 1.82) is 0 Å². The summed E-state index contributed by atoms with van der Waals surface area (Å²) in [5.41, 5.74) is 45.0. The molecule has 148 heavy (non-hydrogen) atoms. The van der Waals surface area contributed by atoms with Crippen LogP contribution < -0.4 is 15.1 Å². The number of anilines is 8. The van der Waals surface area contributed by atoms with Crippen LogP contribution in [0.25, 0.3) is 66.8 Å². The summed E-state index contributed by atoms with van der Waals surface area (Å²) >= 11 is 8.11. The quantitative estimate of drug-likeness (QED) is 0.0571. The maximum atomic E-state index is 3.31. The Balaban J connectivity index is 0.000000135. The first-order chi connectivity index (χ1) is 71.4. The van der Waals surface area contributed by atoms with Gasteiger partial charge in [-0.2, -0.15) is 0 Å². The van der Waals surface area contributed by atoms with E-state index < -0.39 is 0 Å². The predicted molar refractivity (Wildman–Crippen MR) is 656 cm³/mol. The van der Waals surface area contributed by atoms with Crippen molar-refractivity contribution in [1.82, 2.24) is 0 Å². The summed E-state index contributed by atoms with van der Waals surface area (Å²) in [4.78, 5) is 4.68. The molecule has 0 saturated carbocycles. The molecule has 0 saturated heterocycles. The number of fused-ring (bicyclic) bond motifs is 3. The van der Waals surface area contributed by atoms with Gasteiger partial charge in [-0.25, -0.2) is 0 Å². The number of halogens is 3. The molecule has 9 aliphatic carbocycles. The molecule has 3 nitrogen and oxygen atoms in total. The highest BCUT2D eigenvalue weighted by Gasteiger charge is 2.47. The highest BCUT2D eigenvalue weighted by molar-refractivity contribution is 14.1. The smallest absolute Gasteiger partial charge is 0.0462 e. The standard InChI is InChI=1S/C52H46N2.C42H40.C28H26I2.C12H11N.C6H5Br.2CH4/c1-36(2)48-35-49-37(3)34-50(48)52-47(39-26-30-45(31-27-39)54(42-20-12-6-13-21-42)43-22-14-7-15-23-43)33-32-46(51(49)52)38-24-28-44(29-25-38)53(40-16-8-4-9-17-40)41-18-10-5-11-19-41;1-28(2)38-27-39-29(3)24-40(38)42-37(35-20-16-33(17-21-35)26-31-12-8-5-9-13-31)23-22-36(41(39)42)34-18-14-32(15-19-34)25-30-10-6-4-7-11-30;1-16(2)24-15-25-17(3)14-26(24)28-23(19-6-10-21(30)11-7-19)13-12-22(27(25)28)18-4-8-20(29)9-5-18;1-3-7-11(8-4-1)13-12-9-5-2-6-10-12;7-6-4-2-1-3-5-6;;/h4-34,36,48-50H,35H2,1-3H3;4-24,28,38-40H,25-27H2,1-3H3;4-14,16,24-26H,15H2,1-3H3;1-10,13H;1-5H;2*1H4. The van der Waals surface area contributed by atoms with E-state index in [1.165, 1.54) is 132 Å². The van der Waals surface area contributed by atoms with Crippen molar-refractivity contribution in [2.24, 2.45) is 35.5 Å². The molecule has 9 atom stereocenters. The zero-order valence-corrected chi connectivity index (χ0v) is 90.9. The van der Waals surface area contributed by atoms with Crippen LogP contribution in [0.5, 0.6) is 0 Å². The Kier molecular flexibility index (Phi) is 34.0. The normalized spacial score (nSPS) is 17.4. The zero-order chi connectivity index (χ0) is 100. The van der Waals surface area contributed by atoms with Crippen LogP contribution in [0.3, 0.4) is 0 Å². The van der Waals surface area contributed by atoms with Crippen LogP contribution in [0.15, 0.2) is 494 Å². The Morgan fingerprint density at radius 2 is 0.446 bits per heavy atom. The number of hydrogen-bond donors (Lipinski definition) is 1. The van der Waals surface area contributed by atoms with Gasteiger partial charge in [0.15, 0.2) is 0 Å². The van der Waals surface area contributed by atoms with E-state index in [0.717, 1.165) is 68.7 Å². The molecular weight excluding hydrogens is 2080 g/mol. The number of para-hydroxylation sites is 6. The maximum absolute atomic E-state index is 3.31. The fourth-order valence-corrected chi connectivity index (χ4v) is 25.0. The lowest BCUT2D eigenvalue weighted by Crippen LogP contribution is -2.32.